The third kappa shape index (κ3) is 2.85. The number of para-hydroxylation sites is 3. The molecule has 8 aromatic rings. The van der Waals surface area contributed by atoms with Crippen molar-refractivity contribution in [2.75, 3.05) is 0 Å². The summed E-state index contributed by atoms with van der Waals surface area (Å²) >= 11 is 0. The van der Waals surface area contributed by atoms with Crippen LogP contribution in [0.3, 0.4) is 0 Å². The van der Waals surface area contributed by atoms with Crippen LogP contribution in [0.4, 0.5) is 0 Å². The minimum atomic E-state index is -0.0318. The number of hydrogen-bond acceptors (Lipinski definition) is 0. The zero-order valence-electron chi connectivity index (χ0n) is 24.5. The number of aromatic nitrogens is 2. The van der Waals surface area contributed by atoms with Gasteiger partial charge in [0.2, 0.25) is 0 Å². The van der Waals surface area contributed by atoms with Crippen LogP contribution in [0, 0.1) is 0 Å². The Kier molecular flexibility index (Phi) is 4.31. The highest BCUT2D eigenvalue weighted by molar-refractivity contribution is 7.00. The average Bonchev–Trinajstić information content (AvgIpc) is 3.56. The van der Waals surface area contributed by atoms with Crippen LogP contribution in [-0.2, 0) is 5.41 Å². The Labute approximate surface area is 250 Å². The van der Waals surface area contributed by atoms with Gasteiger partial charge >= 0.3 is 0 Å². The molecule has 0 aliphatic carbocycles. The van der Waals surface area contributed by atoms with Gasteiger partial charge in [0.1, 0.15) is 0 Å². The second kappa shape index (κ2) is 7.87. The molecule has 0 bridgehead atoms. The molecule has 0 N–H and O–H groups in total. The summed E-state index contributed by atoms with van der Waals surface area (Å²) in [7, 11) is 0. The lowest BCUT2D eigenvalue weighted by Crippen LogP contribution is -2.59. The van der Waals surface area contributed by atoms with Crippen LogP contribution in [0.15, 0.2) is 121 Å². The van der Waals surface area contributed by atoms with Gasteiger partial charge < -0.3 is 9.13 Å². The minimum absolute atomic E-state index is 0.0318. The van der Waals surface area contributed by atoms with Crippen molar-refractivity contribution < 1.29 is 0 Å². The van der Waals surface area contributed by atoms with Crippen LogP contribution in [0.25, 0.3) is 66.1 Å². The third-order valence-electron chi connectivity index (χ3n) is 10.0. The van der Waals surface area contributed by atoms with Gasteiger partial charge in [-0.2, -0.15) is 0 Å². The second-order valence-electron chi connectivity index (χ2n) is 13.4. The van der Waals surface area contributed by atoms with E-state index in [4.69, 9.17) is 0 Å². The molecule has 0 fully saturated rings. The van der Waals surface area contributed by atoms with Gasteiger partial charge in [0.15, 0.2) is 0 Å². The van der Waals surface area contributed by atoms with Gasteiger partial charge in [0.05, 0.1) is 16.6 Å². The Balaban J connectivity index is 1.45. The summed E-state index contributed by atoms with van der Waals surface area (Å²) in [5.41, 5.74) is 16.0. The fourth-order valence-corrected chi connectivity index (χ4v) is 8.29. The number of nitrogens with zero attached hydrogens (tertiary/aromatic N) is 2. The maximum atomic E-state index is 2.59. The minimum Gasteiger partial charge on any atom is -0.310 e. The van der Waals surface area contributed by atoms with E-state index in [2.05, 4.69) is 151 Å². The first kappa shape index (κ1) is 23.5. The van der Waals surface area contributed by atoms with Gasteiger partial charge in [0.25, 0.3) is 6.71 Å². The normalized spacial score (nSPS) is 13.4. The maximum absolute atomic E-state index is 2.59. The summed E-state index contributed by atoms with van der Waals surface area (Å²) in [6, 6.07) is 45.4. The highest BCUT2D eigenvalue weighted by Gasteiger charge is 2.42. The van der Waals surface area contributed by atoms with Gasteiger partial charge in [-0.15, -0.1) is 0 Å². The fraction of sp³-hybridized carbons (Fsp3) is 0.100. The molecule has 0 unspecified atom stereocenters. The lowest BCUT2D eigenvalue weighted by Gasteiger charge is -2.35. The molecular weight excluding hydrogens is 519 g/mol. The number of fused-ring (bicyclic) bond motifs is 11. The first-order chi connectivity index (χ1) is 21.0. The zero-order chi connectivity index (χ0) is 28.6. The molecule has 6 aromatic carbocycles. The maximum Gasteiger partial charge on any atom is 0.252 e. The molecule has 202 valence electrons. The van der Waals surface area contributed by atoms with E-state index in [1.54, 1.807) is 0 Å². The van der Waals surface area contributed by atoms with Crippen molar-refractivity contribution in [3.05, 3.63) is 127 Å². The summed E-state index contributed by atoms with van der Waals surface area (Å²) in [4.78, 5) is 0. The smallest absolute Gasteiger partial charge is 0.252 e. The number of rotatable bonds is 1. The molecular formula is C40H29BN2. The molecule has 2 aliphatic heterocycles. The third-order valence-corrected chi connectivity index (χ3v) is 10.0. The van der Waals surface area contributed by atoms with Crippen LogP contribution in [0.1, 0.15) is 26.3 Å². The van der Waals surface area contributed by atoms with Crippen molar-refractivity contribution in [3.63, 3.8) is 0 Å². The lowest BCUT2D eigenvalue weighted by atomic mass is 9.34. The van der Waals surface area contributed by atoms with Crippen molar-refractivity contribution in [2.24, 2.45) is 0 Å². The van der Waals surface area contributed by atoms with Crippen LogP contribution in [0.5, 0.6) is 0 Å². The van der Waals surface area contributed by atoms with E-state index in [1.165, 1.54) is 88.1 Å². The molecule has 3 heteroatoms. The van der Waals surface area contributed by atoms with Crippen molar-refractivity contribution in [1.29, 1.82) is 0 Å². The molecule has 2 nitrogen and oxygen atoms in total. The summed E-state index contributed by atoms with van der Waals surface area (Å²) in [6.45, 7) is 7.27. The molecule has 0 radical (unpaired) electrons. The fourth-order valence-electron chi connectivity index (χ4n) is 8.29. The van der Waals surface area contributed by atoms with E-state index in [9.17, 15) is 0 Å². The summed E-state index contributed by atoms with van der Waals surface area (Å²) in [6.07, 6.45) is 0. The largest absolute Gasteiger partial charge is 0.310 e. The average molecular weight is 548 g/mol. The van der Waals surface area contributed by atoms with Gasteiger partial charge in [-0.3, -0.25) is 0 Å². The monoisotopic (exact) mass is 548 g/mol. The van der Waals surface area contributed by atoms with Crippen molar-refractivity contribution in [3.8, 4) is 22.5 Å². The Hall–Kier alpha value is -5.02. The quantitative estimate of drug-likeness (QED) is 0.184. The van der Waals surface area contributed by atoms with Gasteiger partial charge in [-0.25, -0.2) is 0 Å². The van der Waals surface area contributed by atoms with Crippen molar-refractivity contribution >= 4 is 66.7 Å². The summed E-state index contributed by atoms with van der Waals surface area (Å²) in [5.74, 6) is 0. The van der Waals surface area contributed by atoms with Crippen LogP contribution < -0.4 is 16.4 Å². The van der Waals surface area contributed by atoms with E-state index < -0.39 is 0 Å². The van der Waals surface area contributed by atoms with Crippen LogP contribution in [-0.4, -0.2) is 15.8 Å². The van der Waals surface area contributed by atoms with E-state index in [0.717, 1.165) is 0 Å². The lowest BCUT2D eigenvalue weighted by molar-refractivity contribution is 0.596. The highest BCUT2D eigenvalue weighted by atomic mass is 15.0. The molecule has 0 spiro atoms. The second-order valence-corrected chi connectivity index (χ2v) is 13.4. The van der Waals surface area contributed by atoms with Gasteiger partial charge in [0, 0.05) is 38.4 Å². The Morgan fingerprint density at radius 2 is 1.21 bits per heavy atom. The Bertz CT molecular complexity index is 2490. The SMILES string of the molecule is CC(C)(C)c1cc2c3c4c1c1ccccc1n4-c1ccccc1B3c1cccc3c4cc(-c5ccccc5)ccc4n-2c13. The molecule has 2 aromatic heterocycles. The highest BCUT2D eigenvalue weighted by Crippen LogP contribution is 2.44. The van der Waals surface area contributed by atoms with E-state index in [-0.39, 0.29) is 12.1 Å². The van der Waals surface area contributed by atoms with Gasteiger partial charge in [-0.1, -0.05) is 112 Å². The van der Waals surface area contributed by atoms with Crippen molar-refractivity contribution in [2.45, 2.75) is 26.2 Å². The van der Waals surface area contributed by atoms with Crippen molar-refractivity contribution in [1.82, 2.24) is 9.13 Å². The predicted octanol–water partition coefficient (Wildman–Crippen LogP) is 7.99. The van der Waals surface area contributed by atoms with E-state index >= 15 is 0 Å². The van der Waals surface area contributed by atoms with Crippen LogP contribution in [0.2, 0.25) is 0 Å². The predicted molar refractivity (Wildman–Crippen MR) is 184 cm³/mol. The van der Waals surface area contributed by atoms with Gasteiger partial charge in [-0.05, 0) is 68.8 Å². The molecule has 0 saturated heterocycles. The molecule has 4 heterocycles. The molecule has 43 heavy (non-hydrogen) atoms. The molecule has 0 saturated carbocycles. The molecule has 10 rings (SSSR count). The first-order valence-electron chi connectivity index (χ1n) is 15.3. The zero-order valence-corrected chi connectivity index (χ0v) is 24.5. The first-order valence-corrected chi connectivity index (χ1v) is 15.3. The molecule has 0 atom stereocenters. The van der Waals surface area contributed by atoms with E-state index in [0.29, 0.717) is 0 Å². The summed E-state index contributed by atoms with van der Waals surface area (Å²) in [5, 5.41) is 5.39. The van der Waals surface area contributed by atoms with E-state index in [1.807, 2.05) is 0 Å². The number of hydrogen-bond donors (Lipinski definition) is 0. The Morgan fingerprint density at radius 3 is 2.07 bits per heavy atom. The summed E-state index contributed by atoms with van der Waals surface area (Å²) < 4.78 is 5.15. The topological polar surface area (TPSA) is 9.86 Å². The standard InChI is InChI=1S/C40H29BN2/c1-40(2,3)29-23-35-37-39-36(29)27-14-7-9-18-32(27)42(39)34-19-10-8-16-30(34)41(37)31-17-11-15-26-28-22-25(24-12-5-4-6-13-24)20-21-33(28)43(35)38(26)31/h4-23H,1-3H3. The Morgan fingerprint density at radius 1 is 0.512 bits per heavy atom. The van der Waals surface area contributed by atoms with Crippen LogP contribution >= 0.6 is 0 Å². The number of benzene rings is 6. The molecule has 0 amide bonds. The molecule has 2 aliphatic rings.